The summed E-state index contributed by atoms with van der Waals surface area (Å²) >= 11 is 0. The van der Waals surface area contributed by atoms with E-state index in [0.717, 1.165) is 56.7 Å². The molecular formula is C23H29N3O5. The molecule has 0 aliphatic carbocycles. The topological polar surface area (TPSA) is 94.7 Å². The molecule has 0 saturated carbocycles. The first-order valence-corrected chi connectivity index (χ1v) is 10.7. The van der Waals surface area contributed by atoms with Gasteiger partial charge in [-0.05, 0) is 57.7 Å². The molecule has 2 heterocycles. The SMILES string of the molecule is CCCn1c(C)cc(C(=O)COC(=O)c2ccc(N3CCCCC3)c([N+](=O)[O-])c2)c1C. The Labute approximate surface area is 181 Å². The van der Waals surface area contributed by atoms with Gasteiger partial charge in [-0.15, -0.1) is 0 Å². The van der Waals surface area contributed by atoms with Crippen LogP contribution in [0.25, 0.3) is 0 Å². The second-order valence-electron chi connectivity index (χ2n) is 7.94. The van der Waals surface area contributed by atoms with Crippen LogP contribution in [0.2, 0.25) is 0 Å². The summed E-state index contributed by atoms with van der Waals surface area (Å²) in [5.41, 5.74) is 2.83. The molecule has 0 radical (unpaired) electrons. The fourth-order valence-corrected chi connectivity index (χ4v) is 4.14. The third-order valence-corrected chi connectivity index (χ3v) is 5.76. The largest absolute Gasteiger partial charge is 0.454 e. The standard InChI is InChI=1S/C23H29N3O5/c1-4-10-25-16(2)13-19(17(25)3)22(27)15-31-23(28)18-8-9-20(21(14-18)26(29)30)24-11-6-5-7-12-24/h8-9,13-14H,4-7,10-12,15H2,1-3H3. The van der Waals surface area contributed by atoms with Gasteiger partial charge in [-0.1, -0.05) is 6.92 Å². The van der Waals surface area contributed by atoms with Crippen molar-refractivity contribution in [2.45, 2.75) is 53.0 Å². The number of nitro benzene ring substituents is 1. The maximum atomic E-state index is 12.6. The summed E-state index contributed by atoms with van der Waals surface area (Å²) in [6.45, 7) is 7.81. The zero-order valence-corrected chi connectivity index (χ0v) is 18.3. The number of aromatic nitrogens is 1. The summed E-state index contributed by atoms with van der Waals surface area (Å²) in [4.78, 5) is 38.2. The van der Waals surface area contributed by atoms with E-state index in [0.29, 0.717) is 11.3 Å². The third kappa shape index (κ3) is 4.95. The molecule has 3 rings (SSSR count). The molecule has 1 aliphatic heterocycles. The summed E-state index contributed by atoms with van der Waals surface area (Å²) in [6, 6.07) is 6.17. The minimum absolute atomic E-state index is 0.0664. The summed E-state index contributed by atoms with van der Waals surface area (Å²) in [7, 11) is 0. The second kappa shape index (κ2) is 9.76. The number of nitro groups is 1. The highest BCUT2D eigenvalue weighted by Crippen LogP contribution is 2.31. The number of benzene rings is 1. The van der Waals surface area contributed by atoms with Gasteiger partial charge in [0.05, 0.1) is 10.5 Å². The van der Waals surface area contributed by atoms with Gasteiger partial charge in [-0.25, -0.2) is 4.79 Å². The number of hydrogen-bond acceptors (Lipinski definition) is 6. The van der Waals surface area contributed by atoms with Crippen molar-refractivity contribution in [1.82, 2.24) is 4.57 Å². The summed E-state index contributed by atoms with van der Waals surface area (Å²) < 4.78 is 7.26. The van der Waals surface area contributed by atoms with E-state index in [1.807, 2.05) is 18.7 Å². The maximum absolute atomic E-state index is 12.6. The van der Waals surface area contributed by atoms with Gasteiger partial charge in [-0.2, -0.15) is 0 Å². The molecule has 8 nitrogen and oxygen atoms in total. The number of aryl methyl sites for hydroxylation is 1. The Morgan fingerprint density at radius 1 is 1.13 bits per heavy atom. The monoisotopic (exact) mass is 427 g/mol. The number of esters is 1. The molecule has 31 heavy (non-hydrogen) atoms. The van der Waals surface area contributed by atoms with Gasteiger partial charge in [0, 0.05) is 42.7 Å². The van der Waals surface area contributed by atoms with Crippen LogP contribution in [-0.2, 0) is 11.3 Å². The number of carbonyl (C=O) groups is 2. The zero-order chi connectivity index (χ0) is 22.5. The van der Waals surface area contributed by atoms with Gasteiger partial charge >= 0.3 is 5.97 Å². The van der Waals surface area contributed by atoms with Crippen LogP contribution in [0.4, 0.5) is 11.4 Å². The van der Waals surface area contributed by atoms with Crippen LogP contribution in [0.1, 0.15) is 64.7 Å². The highest BCUT2D eigenvalue weighted by molar-refractivity contribution is 6.00. The smallest absolute Gasteiger partial charge is 0.338 e. The van der Waals surface area contributed by atoms with E-state index < -0.39 is 17.5 Å². The van der Waals surface area contributed by atoms with Crippen LogP contribution in [0, 0.1) is 24.0 Å². The van der Waals surface area contributed by atoms with Gasteiger partial charge in [0.1, 0.15) is 5.69 Å². The molecule has 0 bridgehead atoms. The van der Waals surface area contributed by atoms with E-state index in [1.165, 1.54) is 12.1 Å². The van der Waals surface area contributed by atoms with Crippen LogP contribution in [-0.4, -0.2) is 40.9 Å². The van der Waals surface area contributed by atoms with E-state index in [-0.39, 0.29) is 17.0 Å². The number of rotatable bonds is 8. The van der Waals surface area contributed by atoms with Gasteiger partial charge in [0.2, 0.25) is 5.78 Å². The molecule has 1 saturated heterocycles. The van der Waals surface area contributed by atoms with Crippen molar-refractivity contribution in [3.63, 3.8) is 0 Å². The van der Waals surface area contributed by atoms with Crippen molar-refractivity contribution in [3.05, 3.63) is 56.9 Å². The van der Waals surface area contributed by atoms with E-state index in [2.05, 4.69) is 11.5 Å². The van der Waals surface area contributed by atoms with Crippen LogP contribution in [0.15, 0.2) is 24.3 Å². The fourth-order valence-electron chi connectivity index (χ4n) is 4.14. The highest BCUT2D eigenvalue weighted by atomic mass is 16.6. The number of piperidine rings is 1. The van der Waals surface area contributed by atoms with Crippen molar-refractivity contribution in [1.29, 1.82) is 0 Å². The van der Waals surface area contributed by atoms with E-state index in [9.17, 15) is 19.7 Å². The average Bonchev–Trinajstić information content (AvgIpc) is 3.06. The van der Waals surface area contributed by atoms with Crippen LogP contribution >= 0.6 is 0 Å². The number of ether oxygens (including phenoxy) is 1. The zero-order valence-electron chi connectivity index (χ0n) is 18.3. The van der Waals surface area contributed by atoms with Crippen molar-refractivity contribution < 1.29 is 19.2 Å². The minimum Gasteiger partial charge on any atom is -0.454 e. The molecule has 8 heteroatoms. The van der Waals surface area contributed by atoms with Gasteiger partial charge in [0.25, 0.3) is 5.69 Å². The second-order valence-corrected chi connectivity index (χ2v) is 7.94. The lowest BCUT2D eigenvalue weighted by Gasteiger charge is -2.28. The third-order valence-electron chi connectivity index (χ3n) is 5.76. The molecule has 1 aromatic carbocycles. The Kier molecular flexibility index (Phi) is 7.09. The number of hydrogen-bond donors (Lipinski definition) is 0. The Balaban J connectivity index is 1.72. The Bertz CT molecular complexity index is 989. The lowest BCUT2D eigenvalue weighted by Crippen LogP contribution is -2.30. The van der Waals surface area contributed by atoms with Crippen LogP contribution < -0.4 is 4.90 Å². The summed E-state index contributed by atoms with van der Waals surface area (Å²) in [5, 5.41) is 11.6. The first kappa shape index (κ1) is 22.5. The van der Waals surface area contributed by atoms with Gasteiger partial charge in [0.15, 0.2) is 6.61 Å². The van der Waals surface area contributed by atoms with Crippen LogP contribution in [0.3, 0.4) is 0 Å². The minimum atomic E-state index is -0.746. The molecule has 1 aliphatic rings. The molecule has 2 aromatic rings. The highest BCUT2D eigenvalue weighted by Gasteiger charge is 2.24. The molecule has 0 amide bonds. The molecule has 0 unspecified atom stereocenters. The molecule has 166 valence electrons. The summed E-state index contributed by atoms with van der Waals surface area (Å²) in [5.74, 6) is -1.03. The van der Waals surface area contributed by atoms with Gasteiger partial charge < -0.3 is 14.2 Å². The summed E-state index contributed by atoms with van der Waals surface area (Å²) in [6.07, 6.45) is 4.04. The van der Waals surface area contributed by atoms with Crippen molar-refractivity contribution >= 4 is 23.1 Å². The van der Waals surface area contributed by atoms with Crippen molar-refractivity contribution in [2.75, 3.05) is 24.6 Å². The Morgan fingerprint density at radius 2 is 1.84 bits per heavy atom. The number of ketones is 1. The molecule has 1 fully saturated rings. The molecule has 0 spiro atoms. The molecule has 0 N–H and O–H groups in total. The fraction of sp³-hybridized carbons (Fsp3) is 0.478. The van der Waals surface area contributed by atoms with Crippen LogP contribution in [0.5, 0.6) is 0 Å². The molecule has 0 atom stereocenters. The Morgan fingerprint density at radius 3 is 2.48 bits per heavy atom. The Hall–Kier alpha value is -3.16. The average molecular weight is 428 g/mol. The molecule has 1 aromatic heterocycles. The number of nitrogens with zero attached hydrogens (tertiary/aromatic N) is 3. The number of anilines is 1. The first-order chi connectivity index (χ1) is 14.8. The normalized spacial score (nSPS) is 13.8. The number of Topliss-reactive ketones (excluding diaryl/α,β-unsaturated/α-hetero) is 1. The lowest BCUT2D eigenvalue weighted by molar-refractivity contribution is -0.384. The maximum Gasteiger partial charge on any atom is 0.338 e. The quantitative estimate of drug-likeness (QED) is 0.267. The van der Waals surface area contributed by atoms with Crippen molar-refractivity contribution in [2.24, 2.45) is 0 Å². The lowest BCUT2D eigenvalue weighted by atomic mass is 10.1. The predicted molar refractivity (Wildman–Crippen MR) is 118 cm³/mol. The van der Waals surface area contributed by atoms with Crippen molar-refractivity contribution in [3.8, 4) is 0 Å². The predicted octanol–water partition coefficient (Wildman–Crippen LogP) is 4.45. The first-order valence-electron chi connectivity index (χ1n) is 10.7. The van der Waals surface area contributed by atoms with E-state index >= 15 is 0 Å². The molecular weight excluding hydrogens is 398 g/mol. The number of carbonyl (C=O) groups excluding carboxylic acids is 2. The van der Waals surface area contributed by atoms with E-state index in [4.69, 9.17) is 4.74 Å². The van der Waals surface area contributed by atoms with E-state index in [1.54, 1.807) is 12.1 Å². The van der Waals surface area contributed by atoms with Gasteiger partial charge in [-0.3, -0.25) is 14.9 Å².